The highest BCUT2D eigenvalue weighted by molar-refractivity contribution is 5.01. The van der Waals surface area contributed by atoms with Gasteiger partial charge >= 0.3 is 0 Å². The van der Waals surface area contributed by atoms with Crippen LogP contribution in [0.15, 0.2) is 0 Å². The second-order valence-electron chi connectivity index (χ2n) is 4.02. The summed E-state index contributed by atoms with van der Waals surface area (Å²) < 4.78 is 0. The summed E-state index contributed by atoms with van der Waals surface area (Å²) in [5, 5.41) is 13.4. The van der Waals surface area contributed by atoms with Crippen molar-refractivity contribution in [3.8, 4) is 6.07 Å². The second kappa shape index (κ2) is 5.24. The number of hydrogen-bond donors (Lipinski definition) is 0. The summed E-state index contributed by atoms with van der Waals surface area (Å²) in [6, 6.07) is 2.52. The molecule has 1 fully saturated rings. The van der Waals surface area contributed by atoms with E-state index in [4.69, 9.17) is 5.26 Å². The summed E-state index contributed by atoms with van der Waals surface area (Å²) >= 11 is 0. The third kappa shape index (κ3) is 3.00. The van der Waals surface area contributed by atoms with Gasteiger partial charge in [-0.1, -0.05) is 26.2 Å². The largest absolute Gasteiger partial charge is 0.242 e. The van der Waals surface area contributed by atoms with E-state index in [-0.39, 0.29) is 5.41 Å². The molecule has 1 aliphatic rings. The molecule has 13 heavy (non-hydrogen) atoms. The van der Waals surface area contributed by atoms with Crippen LogP contribution in [0.1, 0.15) is 45.4 Å². The minimum absolute atomic E-state index is 0.0169. The molecular formula is C11H19N2. The highest BCUT2D eigenvalue weighted by Crippen LogP contribution is 2.33. The molecule has 2 nitrogen and oxygen atoms in total. The van der Waals surface area contributed by atoms with Gasteiger partial charge in [-0.25, -0.2) is 5.32 Å². The Bertz CT molecular complexity index is 175. The third-order valence-electron chi connectivity index (χ3n) is 2.99. The molecular weight excluding hydrogens is 160 g/mol. The van der Waals surface area contributed by atoms with Gasteiger partial charge in [0.1, 0.15) is 0 Å². The van der Waals surface area contributed by atoms with Gasteiger partial charge in [0.2, 0.25) is 0 Å². The molecule has 0 aromatic heterocycles. The Morgan fingerprint density at radius 2 is 2.00 bits per heavy atom. The van der Waals surface area contributed by atoms with Crippen LogP contribution in [0.2, 0.25) is 0 Å². The Morgan fingerprint density at radius 3 is 2.54 bits per heavy atom. The van der Waals surface area contributed by atoms with E-state index in [1.54, 1.807) is 0 Å². The Kier molecular flexibility index (Phi) is 4.24. The zero-order valence-electron chi connectivity index (χ0n) is 8.55. The molecule has 0 unspecified atom stereocenters. The molecule has 73 valence electrons. The van der Waals surface area contributed by atoms with E-state index < -0.39 is 0 Å². The number of rotatable bonds is 4. The van der Waals surface area contributed by atoms with Crippen LogP contribution in [0.25, 0.3) is 0 Å². The van der Waals surface area contributed by atoms with Crippen LogP contribution in [0, 0.1) is 16.7 Å². The molecule has 0 aromatic carbocycles. The highest BCUT2D eigenvalue weighted by atomic mass is 14.9. The van der Waals surface area contributed by atoms with Crippen molar-refractivity contribution in [2.45, 2.75) is 45.4 Å². The van der Waals surface area contributed by atoms with Gasteiger partial charge in [0.25, 0.3) is 0 Å². The molecule has 0 spiro atoms. The fourth-order valence-electron chi connectivity index (χ4n) is 1.95. The van der Waals surface area contributed by atoms with Crippen molar-refractivity contribution in [1.29, 1.82) is 5.26 Å². The Hall–Kier alpha value is -0.550. The van der Waals surface area contributed by atoms with E-state index in [1.165, 1.54) is 19.3 Å². The topological polar surface area (TPSA) is 37.9 Å². The minimum atomic E-state index is -0.0169. The van der Waals surface area contributed by atoms with Crippen molar-refractivity contribution in [2.75, 3.05) is 13.1 Å². The quantitative estimate of drug-likeness (QED) is 0.611. The Balaban J connectivity index is 2.35. The van der Waals surface area contributed by atoms with E-state index in [0.717, 1.165) is 32.4 Å². The van der Waals surface area contributed by atoms with E-state index in [0.29, 0.717) is 0 Å². The maximum Gasteiger partial charge on any atom is 0.0690 e. The number of hydrogen-bond acceptors (Lipinski definition) is 1. The first-order valence-corrected chi connectivity index (χ1v) is 5.37. The normalized spacial score (nSPS) is 20.9. The van der Waals surface area contributed by atoms with Crippen molar-refractivity contribution in [2.24, 2.45) is 5.41 Å². The highest BCUT2D eigenvalue weighted by Gasteiger charge is 2.31. The number of nitrogens with zero attached hydrogens (tertiary/aromatic N) is 2. The molecule has 0 atom stereocenters. The van der Waals surface area contributed by atoms with E-state index in [9.17, 15) is 0 Å². The SMILES string of the molecule is CCCCCC1(C#N)CC[N]CC1. The maximum absolute atomic E-state index is 9.15. The summed E-state index contributed by atoms with van der Waals surface area (Å²) in [6.07, 6.45) is 6.80. The van der Waals surface area contributed by atoms with Crippen LogP contribution in [-0.4, -0.2) is 13.1 Å². The smallest absolute Gasteiger partial charge is 0.0690 e. The average Bonchev–Trinajstić information content (AvgIpc) is 2.20. The summed E-state index contributed by atoms with van der Waals surface area (Å²) in [5.74, 6) is 0. The van der Waals surface area contributed by atoms with Gasteiger partial charge in [0, 0.05) is 13.1 Å². The molecule has 1 heterocycles. The van der Waals surface area contributed by atoms with Crippen molar-refractivity contribution >= 4 is 0 Å². The first-order valence-electron chi connectivity index (χ1n) is 5.37. The van der Waals surface area contributed by atoms with Gasteiger partial charge in [0.15, 0.2) is 0 Å². The molecule has 0 saturated carbocycles. The number of unbranched alkanes of at least 4 members (excludes halogenated alkanes) is 2. The van der Waals surface area contributed by atoms with E-state index in [1.807, 2.05) is 0 Å². The van der Waals surface area contributed by atoms with E-state index >= 15 is 0 Å². The first kappa shape index (κ1) is 10.5. The molecule has 0 bridgehead atoms. The summed E-state index contributed by atoms with van der Waals surface area (Å²) in [5.41, 5.74) is -0.0169. The van der Waals surface area contributed by atoms with Gasteiger partial charge in [-0.15, -0.1) is 0 Å². The molecule has 0 N–H and O–H groups in total. The molecule has 0 aromatic rings. The van der Waals surface area contributed by atoms with Crippen LogP contribution in [-0.2, 0) is 0 Å². The second-order valence-corrected chi connectivity index (χ2v) is 4.02. The van der Waals surface area contributed by atoms with Crippen LogP contribution >= 0.6 is 0 Å². The average molecular weight is 179 g/mol. The lowest BCUT2D eigenvalue weighted by atomic mass is 9.76. The third-order valence-corrected chi connectivity index (χ3v) is 2.99. The molecule has 1 radical (unpaired) electrons. The predicted octanol–water partition coefficient (Wildman–Crippen LogP) is 2.47. The van der Waals surface area contributed by atoms with Gasteiger partial charge in [-0.3, -0.25) is 0 Å². The van der Waals surface area contributed by atoms with Crippen LogP contribution < -0.4 is 5.32 Å². The monoisotopic (exact) mass is 179 g/mol. The van der Waals surface area contributed by atoms with Gasteiger partial charge in [-0.2, -0.15) is 5.26 Å². The van der Waals surface area contributed by atoms with Crippen molar-refractivity contribution < 1.29 is 0 Å². The molecule has 1 rings (SSSR count). The van der Waals surface area contributed by atoms with Crippen molar-refractivity contribution in [1.82, 2.24) is 5.32 Å². The molecule has 1 aliphatic heterocycles. The standard InChI is InChI=1S/C11H19N2/c1-2-3-4-5-11(10-12)6-8-13-9-7-11/h2-9H2,1H3. The summed E-state index contributed by atoms with van der Waals surface area (Å²) in [6.45, 7) is 4.01. The van der Waals surface area contributed by atoms with Crippen molar-refractivity contribution in [3.05, 3.63) is 0 Å². The summed E-state index contributed by atoms with van der Waals surface area (Å²) in [7, 11) is 0. The number of piperidine rings is 1. The van der Waals surface area contributed by atoms with Crippen LogP contribution in [0.4, 0.5) is 0 Å². The predicted molar refractivity (Wildman–Crippen MR) is 53.3 cm³/mol. The number of nitriles is 1. The van der Waals surface area contributed by atoms with Crippen molar-refractivity contribution in [3.63, 3.8) is 0 Å². The fourth-order valence-corrected chi connectivity index (χ4v) is 1.95. The summed E-state index contributed by atoms with van der Waals surface area (Å²) in [4.78, 5) is 0. The first-order chi connectivity index (χ1) is 6.33. The lowest BCUT2D eigenvalue weighted by molar-refractivity contribution is 0.252. The molecule has 0 aliphatic carbocycles. The minimum Gasteiger partial charge on any atom is -0.242 e. The molecule has 1 saturated heterocycles. The molecule has 2 heteroatoms. The zero-order chi connectivity index (χ0) is 9.57. The lowest BCUT2D eigenvalue weighted by Crippen LogP contribution is -2.32. The Morgan fingerprint density at radius 1 is 1.31 bits per heavy atom. The lowest BCUT2D eigenvalue weighted by Gasteiger charge is -2.30. The van der Waals surface area contributed by atoms with Crippen LogP contribution in [0.3, 0.4) is 0 Å². The van der Waals surface area contributed by atoms with Gasteiger partial charge in [0.05, 0.1) is 11.5 Å². The van der Waals surface area contributed by atoms with Crippen LogP contribution in [0.5, 0.6) is 0 Å². The fraction of sp³-hybridized carbons (Fsp3) is 0.909. The zero-order valence-corrected chi connectivity index (χ0v) is 8.55. The Labute approximate surface area is 81.3 Å². The van der Waals surface area contributed by atoms with Gasteiger partial charge in [-0.05, 0) is 19.3 Å². The van der Waals surface area contributed by atoms with E-state index in [2.05, 4.69) is 18.3 Å². The maximum atomic E-state index is 9.15. The molecule has 0 amide bonds. The van der Waals surface area contributed by atoms with Gasteiger partial charge < -0.3 is 0 Å².